The van der Waals surface area contributed by atoms with E-state index in [0.29, 0.717) is 6.42 Å². The van der Waals surface area contributed by atoms with Crippen LogP contribution in [-0.4, -0.2) is 25.7 Å². The van der Waals surface area contributed by atoms with Gasteiger partial charge in [-0.25, -0.2) is 0 Å². The van der Waals surface area contributed by atoms with Gasteiger partial charge in [0.25, 0.3) is 0 Å². The molecule has 1 N–H and O–H groups in total. The zero-order valence-corrected chi connectivity index (χ0v) is 13.1. The van der Waals surface area contributed by atoms with Crippen LogP contribution in [0.1, 0.15) is 66.7 Å². The minimum absolute atomic E-state index is 0.191. The first kappa shape index (κ1) is 19.8. The molecule has 0 aliphatic carbocycles. The standard InChI is InChI=1S/C8H17NO.C7H16O/c1-3-5-7-9-8(10)6-4-2;1-4-8-6-5-7(2)3/h3-7H2,1-2H3,(H,9,10);7H,4-6H2,1-3H3. The Morgan fingerprint density at radius 2 is 1.83 bits per heavy atom. The van der Waals surface area contributed by atoms with E-state index in [1.807, 2.05) is 13.8 Å². The van der Waals surface area contributed by atoms with Crippen LogP contribution in [-0.2, 0) is 9.53 Å². The lowest BCUT2D eigenvalue weighted by molar-refractivity contribution is -0.121. The third-order valence-corrected chi connectivity index (χ3v) is 2.37. The van der Waals surface area contributed by atoms with Crippen LogP contribution < -0.4 is 5.32 Å². The number of carbonyl (C=O) groups excluding carboxylic acids is 1. The Balaban J connectivity index is 0. The topological polar surface area (TPSA) is 38.3 Å². The third kappa shape index (κ3) is 20.8. The quantitative estimate of drug-likeness (QED) is 0.640. The van der Waals surface area contributed by atoms with Crippen molar-refractivity contribution >= 4 is 5.91 Å². The van der Waals surface area contributed by atoms with Gasteiger partial charge in [0.05, 0.1) is 0 Å². The number of hydrogen-bond donors (Lipinski definition) is 1. The highest BCUT2D eigenvalue weighted by molar-refractivity contribution is 5.75. The van der Waals surface area contributed by atoms with Crippen LogP contribution in [0.4, 0.5) is 0 Å². The van der Waals surface area contributed by atoms with Crippen molar-refractivity contribution in [3.05, 3.63) is 0 Å². The lowest BCUT2D eigenvalue weighted by atomic mass is 10.1. The SMILES string of the molecule is CCCCNC(=O)CCC.CCOCCC(C)C. The molecule has 18 heavy (non-hydrogen) atoms. The van der Waals surface area contributed by atoms with Gasteiger partial charge in [-0.2, -0.15) is 0 Å². The zero-order chi connectivity index (χ0) is 14.2. The first-order chi connectivity index (χ1) is 8.58. The molecule has 0 aliphatic heterocycles. The van der Waals surface area contributed by atoms with Gasteiger partial charge in [-0.05, 0) is 32.1 Å². The number of ether oxygens (including phenoxy) is 1. The Bertz CT molecular complexity index is 170. The van der Waals surface area contributed by atoms with E-state index in [-0.39, 0.29) is 5.91 Å². The predicted octanol–water partition coefficient (Wildman–Crippen LogP) is 3.77. The summed E-state index contributed by atoms with van der Waals surface area (Å²) in [6.07, 6.45) is 5.04. The van der Waals surface area contributed by atoms with E-state index >= 15 is 0 Å². The lowest BCUT2D eigenvalue weighted by Crippen LogP contribution is -2.23. The lowest BCUT2D eigenvalue weighted by Gasteiger charge is -2.02. The van der Waals surface area contributed by atoms with Crippen molar-refractivity contribution in [1.29, 1.82) is 0 Å². The van der Waals surface area contributed by atoms with Crippen molar-refractivity contribution in [3.63, 3.8) is 0 Å². The molecule has 3 nitrogen and oxygen atoms in total. The fourth-order valence-electron chi connectivity index (χ4n) is 1.18. The second kappa shape index (κ2) is 16.4. The van der Waals surface area contributed by atoms with Gasteiger partial charge in [0.15, 0.2) is 0 Å². The number of carbonyl (C=O) groups is 1. The molecule has 0 heterocycles. The first-order valence-corrected chi connectivity index (χ1v) is 7.42. The van der Waals surface area contributed by atoms with Crippen LogP contribution in [0.3, 0.4) is 0 Å². The van der Waals surface area contributed by atoms with E-state index in [4.69, 9.17) is 4.74 Å². The molecule has 0 aliphatic rings. The van der Waals surface area contributed by atoms with Gasteiger partial charge in [-0.15, -0.1) is 0 Å². The molecule has 0 fully saturated rings. The summed E-state index contributed by atoms with van der Waals surface area (Å²) in [4.78, 5) is 10.8. The molecule has 0 atom stereocenters. The first-order valence-electron chi connectivity index (χ1n) is 7.42. The van der Waals surface area contributed by atoms with E-state index in [1.54, 1.807) is 0 Å². The second-order valence-electron chi connectivity index (χ2n) is 4.83. The van der Waals surface area contributed by atoms with Gasteiger partial charge in [-0.1, -0.05) is 34.1 Å². The van der Waals surface area contributed by atoms with Crippen molar-refractivity contribution in [2.24, 2.45) is 5.92 Å². The van der Waals surface area contributed by atoms with Gasteiger partial charge in [0, 0.05) is 26.2 Å². The highest BCUT2D eigenvalue weighted by Gasteiger charge is 1.95. The van der Waals surface area contributed by atoms with E-state index < -0.39 is 0 Å². The number of rotatable bonds is 9. The number of hydrogen-bond acceptors (Lipinski definition) is 2. The highest BCUT2D eigenvalue weighted by atomic mass is 16.5. The molecule has 0 unspecified atom stereocenters. The molecule has 0 saturated carbocycles. The molecule has 0 saturated heterocycles. The highest BCUT2D eigenvalue weighted by Crippen LogP contribution is 1.97. The summed E-state index contributed by atoms with van der Waals surface area (Å²) >= 11 is 0. The summed E-state index contributed by atoms with van der Waals surface area (Å²) in [5, 5.41) is 2.85. The Morgan fingerprint density at radius 1 is 1.17 bits per heavy atom. The molecule has 1 amide bonds. The molecule has 0 spiro atoms. The second-order valence-corrected chi connectivity index (χ2v) is 4.83. The van der Waals surface area contributed by atoms with Crippen LogP contribution in [0.5, 0.6) is 0 Å². The van der Waals surface area contributed by atoms with Gasteiger partial charge in [-0.3, -0.25) is 4.79 Å². The maximum Gasteiger partial charge on any atom is 0.219 e. The van der Waals surface area contributed by atoms with Crippen molar-refractivity contribution in [2.45, 2.75) is 66.7 Å². The number of unbranched alkanes of at least 4 members (excludes halogenated alkanes) is 1. The van der Waals surface area contributed by atoms with E-state index in [2.05, 4.69) is 26.1 Å². The Labute approximate surface area is 114 Å². The number of nitrogens with one attached hydrogen (secondary N) is 1. The van der Waals surface area contributed by atoms with Crippen molar-refractivity contribution in [1.82, 2.24) is 5.32 Å². The Morgan fingerprint density at radius 3 is 2.28 bits per heavy atom. The van der Waals surface area contributed by atoms with Crippen molar-refractivity contribution in [3.8, 4) is 0 Å². The van der Waals surface area contributed by atoms with Gasteiger partial charge in [0.1, 0.15) is 0 Å². The van der Waals surface area contributed by atoms with E-state index in [1.165, 1.54) is 6.42 Å². The average molecular weight is 259 g/mol. The predicted molar refractivity (Wildman–Crippen MR) is 78.8 cm³/mol. The molecule has 0 bridgehead atoms. The van der Waals surface area contributed by atoms with Gasteiger partial charge >= 0.3 is 0 Å². The van der Waals surface area contributed by atoms with Crippen LogP contribution in [0.25, 0.3) is 0 Å². The molecule has 0 aromatic rings. The summed E-state index contributed by atoms with van der Waals surface area (Å²) < 4.78 is 5.14. The van der Waals surface area contributed by atoms with Gasteiger partial charge in [0.2, 0.25) is 5.91 Å². The molecule has 3 heteroatoms. The average Bonchev–Trinajstić information content (AvgIpc) is 2.30. The molecule has 0 radical (unpaired) electrons. The fourth-order valence-corrected chi connectivity index (χ4v) is 1.18. The largest absolute Gasteiger partial charge is 0.382 e. The fraction of sp³-hybridized carbons (Fsp3) is 0.933. The molecule has 110 valence electrons. The number of amides is 1. The molecular formula is C15H33NO2. The summed E-state index contributed by atoms with van der Waals surface area (Å²) in [7, 11) is 0. The van der Waals surface area contributed by atoms with Gasteiger partial charge < -0.3 is 10.1 Å². The van der Waals surface area contributed by atoms with Crippen LogP contribution >= 0.6 is 0 Å². The molecule has 0 aromatic heterocycles. The van der Waals surface area contributed by atoms with E-state index in [9.17, 15) is 4.79 Å². The maximum absolute atomic E-state index is 10.8. The third-order valence-electron chi connectivity index (χ3n) is 2.37. The smallest absolute Gasteiger partial charge is 0.219 e. The zero-order valence-electron chi connectivity index (χ0n) is 13.1. The molecule has 0 rings (SSSR count). The van der Waals surface area contributed by atoms with Crippen LogP contribution in [0.15, 0.2) is 0 Å². The summed E-state index contributed by atoms with van der Waals surface area (Å²) in [6, 6.07) is 0. The minimum Gasteiger partial charge on any atom is -0.382 e. The van der Waals surface area contributed by atoms with Crippen molar-refractivity contribution in [2.75, 3.05) is 19.8 Å². The Hall–Kier alpha value is -0.570. The summed E-state index contributed by atoms with van der Waals surface area (Å²) in [6.45, 7) is 13.2. The van der Waals surface area contributed by atoms with E-state index in [0.717, 1.165) is 44.9 Å². The normalized spacial score (nSPS) is 9.89. The maximum atomic E-state index is 10.8. The summed E-state index contributed by atoms with van der Waals surface area (Å²) in [5.41, 5.74) is 0. The summed E-state index contributed by atoms with van der Waals surface area (Å²) in [5.74, 6) is 0.970. The molecule has 0 aromatic carbocycles. The monoisotopic (exact) mass is 259 g/mol. The Kier molecular flexibility index (Phi) is 18.0. The van der Waals surface area contributed by atoms with Crippen LogP contribution in [0, 0.1) is 5.92 Å². The minimum atomic E-state index is 0.191. The molecular weight excluding hydrogens is 226 g/mol. The van der Waals surface area contributed by atoms with Crippen LogP contribution in [0.2, 0.25) is 0 Å². The van der Waals surface area contributed by atoms with Crippen molar-refractivity contribution < 1.29 is 9.53 Å².